The first-order valence-corrected chi connectivity index (χ1v) is 7.91. The maximum atomic E-state index is 11.8. The molecule has 0 bridgehead atoms. The summed E-state index contributed by atoms with van der Waals surface area (Å²) in [5.41, 5.74) is 1.61. The Bertz CT molecular complexity index is 701. The van der Waals surface area contributed by atoms with Crippen LogP contribution in [-0.2, 0) is 4.79 Å². The van der Waals surface area contributed by atoms with Crippen molar-refractivity contribution in [2.24, 2.45) is 0 Å². The maximum absolute atomic E-state index is 11.8. The van der Waals surface area contributed by atoms with Gasteiger partial charge in [-0.1, -0.05) is 24.3 Å². The predicted molar refractivity (Wildman–Crippen MR) is 94.7 cm³/mol. The minimum absolute atomic E-state index is 0.154. The monoisotopic (exact) mass is 422 g/mol. The highest BCUT2D eigenvalue weighted by Gasteiger charge is 1.99. The number of ketones is 1. The van der Waals surface area contributed by atoms with Crippen molar-refractivity contribution in [2.75, 3.05) is 0 Å². The predicted octanol–water partition coefficient (Wildman–Crippen LogP) is 4.92. The van der Waals surface area contributed by atoms with Crippen molar-refractivity contribution in [1.29, 1.82) is 0 Å². The van der Waals surface area contributed by atoms with Crippen LogP contribution in [0.25, 0.3) is 12.2 Å². The molecule has 0 radical (unpaired) electrons. The van der Waals surface area contributed by atoms with Crippen molar-refractivity contribution >= 4 is 49.8 Å². The molecule has 0 heterocycles. The van der Waals surface area contributed by atoms with Crippen LogP contribution in [0.4, 0.5) is 0 Å². The molecule has 0 aliphatic heterocycles. The number of rotatable bonds is 4. The van der Waals surface area contributed by atoms with E-state index in [1.807, 2.05) is 0 Å². The maximum Gasteiger partial charge on any atom is 0.178 e. The second-order valence-electron chi connectivity index (χ2n) is 4.49. The Morgan fingerprint density at radius 3 is 1.59 bits per heavy atom. The van der Waals surface area contributed by atoms with Gasteiger partial charge in [-0.2, -0.15) is 0 Å². The summed E-state index contributed by atoms with van der Waals surface area (Å²) in [6.45, 7) is 0. The lowest BCUT2D eigenvalue weighted by molar-refractivity contribution is -0.110. The Morgan fingerprint density at radius 1 is 0.818 bits per heavy atom. The van der Waals surface area contributed by atoms with Crippen LogP contribution in [0, 0.1) is 0 Å². The highest BCUT2D eigenvalue weighted by Crippen LogP contribution is 2.25. The molecule has 0 unspecified atom stereocenters. The summed E-state index contributed by atoms with van der Waals surface area (Å²) in [5.74, 6) is 0.149. The van der Waals surface area contributed by atoms with E-state index in [0.717, 1.165) is 11.1 Å². The van der Waals surface area contributed by atoms with Gasteiger partial charge in [0.05, 0.1) is 8.95 Å². The molecule has 2 aromatic rings. The van der Waals surface area contributed by atoms with Crippen molar-refractivity contribution in [3.63, 3.8) is 0 Å². The summed E-state index contributed by atoms with van der Waals surface area (Å²) < 4.78 is 1.15. The van der Waals surface area contributed by atoms with E-state index in [9.17, 15) is 15.0 Å². The van der Waals surface area contributed by atoms with Crippen LogP contribution in [-0.4, -0.2) is 16.0 Å². The Kier molecular flexibility index (Phi) is 5.57. The van der Waals surface area contributed by atoms with Gasteiger partial charge in [0.25, 0.3) is 0 Å². The number of halogens is 2. The average molecular weight is 424 g/mol. The molecule has 0 saturated heterocycles. The molecule has 22 heavy (non-hydrogen) atoms. The molecular weight excluding hydrogens is 412 g/mol. The molecule has 0 spiro atoms. The van der Waals surface area contributed by atoms with Gasteiger partial charge in [-0.3, -0.25) is 4.79 Å². The number of phenolic OH excluding ortho intramolecular Hbond substituents is 2. The van der Waals surface area contributed by atoms with Gasteiger partial charge in [-0.05, 0) is 79.4 Å². The van der Waals surface area contributed by atoms with Crippen LogP contribution in [0.3, 0.4) is 0 Å². The van der Waals surface area contributed by atoms with Crippen molar-refractivity contribution in [3.8, 4) is 11.5 Å². The van der Waals surface area contributed by atoms with Gasteiger partial charge < -0.3 is 10.2 Å². The molecule has 2 N–H and O–H groups in total. The van der Waals surface area contributed by atoms with Crippen molar-refractivity contribution in [3.05, 3.63) is 68.6 Å². The zero-order valence-corrected chi connectivity index (χ0v) is 14.5. The lowest BCUT2D eigenvalue weighted by Crippen LogP contribution is -1.85. The Morgan fingerprint density at radius 2 is 1.23 bits per heavy atom. The fraction of sp³-hybridized carbons (Fsp3) is 0. The highest BCUT2D eigenvalue weighted by atomic mass is 79.9. The largest absolute Gasteiger partial charge is 0.507 e. The third-order valence-electron chi connectivity index (χ3n) is 2.82. The zero-order valence-electron chi connectivity index (χ0n) is 11.3. The quantitative estimate of drug-likeness (QED) is 0.686. The zero-order chi connectivity index (χ0) is 16.1. The van der Waals surface area contributed by atoms with Crippen LogP contribution in [0.1, 0.15) is 11.1 Å². The molecule has 0 atom stereocenters. The van der Waals surface area contributed by atoms with Crippen LogP contribution in [0.15, 0.2) is 57.5 Å². The summed E-state index contributed by atoms with van der Waals surface area (Å²) in [5, 5.41) is 18.8. The summed E-state index contributed by atoms with van der Waals surface area (Å²) in [6.07, 6.45) is 6.24. The molecular formula is C17H12Br2O3. The van der Waals surface area contributed by atoms with Crippen molar-refractivity contribution in [1.82, 2.24) is 0 Å². The Balaban J connectivity index is 2.05. The van der Waals surface area contributed by atoms with Gasteiger partial charge in [0.15, 0.2) is 5.78 Å². The van der Waals surface area contributed by atoms with Crippen molar-refractivity contribution in [2.45, 2.75) is 0 Å². The molecule has 0 fully saturated rings. The fourth-order valence-corrected chi connectivity index (χ4v) is 2.46. The number of hydrogen-bond acceptors (Lipinski definition) is 3. The lowest BCUT2D eigenvalue weighted by Gasteiger charge is -1.98. The van der Waals surface area contributed by atoms with Gasteiger partial charge in [0, 0.05) is 0 Å². The van der Waals surface area contributed by atoms with Crippen molar-refractivity contribution < 1.29 is 15.0 Å². The SMILES string of the molecule is O=C(/C=C/c1ccc(O)c(Br)c1)/C=C/c1ccc(O)c(Br)c1. The number of allylic oxidation sites excluding steroid dienone is 2. The lowest BCUT2D eigenvalue weighted by atomic mass is 10.1. The number of hydrogen-bond donors (Lipinski definition) is 2. The van der Waals surface area contributed by atoms with Gasteiger partial charge >= 0.3 is 0 Å². The average Bonchev–Trinajstić information content (AvgIpc) is 2.49. The molecule has 0 aliphatic carbocycles. The molecule has 0 saturated carbocycles. The Labute approximate surface area is 144 Å². The van der Waals surface area contributed by atoms with Gasteiger partial charge in [0.1, 0.15) is 11.5 Å². The van der Waals surface area contributed by atoms with E-state index in [1.54, 1.807) is 48.6 Å². The second kappa shape index (κ2) is 7.42. The number of benzene rings is 2. The topological polar surface area (TPSA) is 57.5 Å². The van der Waals surface area contributed by atoms with Gasteiger partial charge in [0.2, 0.25) is 0 Å². The molecule has 0 aliphatic rings. The molecule has 3 nitrogen and oxygen atoms in total. The second-order valence-corrected chi connectivity index (χ2v) is 6.20. The smallest absolute Gasteiger partial charge is 0.178 e. The first kappa shape index (κ1) is 16.5. The highest BCUT2D eigenvalue weighted by molar-refractivity contribution is 9.10. The molecule has 2 rings (SSSR count). The molecule has 0 amide bonds. The normalized spacial score (nSPS) is 11.4. The van der Waals surface area contributed by atoms with E-state index in [-0.39, 0.29) is 17.3 Å². The van der Waals surface area contributed by atoms with Crippen LogP contribution >= 0.6 is 31.9 Å². The molecule has 112 valence electrons. The standard InChI is InChI=1S/C17H12Br2O3/c18-14-9-11(3-7-16(14)21)1-5-13(20)6-2-12-4-8-17(22)15(19)10-12/h1-10,21-22H/b5-1+,6-2+. The number of phenols is 2. The van der Waals surface area contributed by atoms with E-state index < -0.39 is 0 Å². The van der Waals surface area contributed by atoms with Crippen LogP contribution in [0.5, 0.6) is 11.5 Å². The van der Waals surface area contributed by atoms with Crippen LogP contribution in [0.2, 0.25) is 0 Å². The molecule has 0 aromatic heterocycles. The van der Waals surface area contributed by atoms with E-state index in [2.05, 4.69) is 31.9 Å². The van der Waals surface area contributed by atoms with E-state index in [4.69, 9.17) is 0 Å². The van der Waals surface area contributed by atoms with Gasteiger partial charge in [-0.15, -0.1) is 0 Å². The minimum atomic E-state index is -0.159. The van der Waals surface area contributed by atoms with Crippen LogP contribution < -0.4 is 0 Å². The minimum Gasteiger partial charge on any atom is -0.507 e. The summed E-state index contributed by atoms with van der Waals surface area (Å²) in [6, 6.07) is 9.98. The number of carbonyl (C=O) groups excluding carboxylic acids is 1. The number of carbonyl (C=O) groups is 1. The fourth-order valence-electron chi connectivity index (χ4n) is 1.67. The first-order valence-electron chi connectivity index (χ1n) is 6.33. The van der Waals surface area contributed by atoms with E-state index in [1.165, 1.54) is 12.2 Å². The summed E-state index contributed by atoms with van der Waals surface area (Å²) in [4.78, 5) is 11.8. The third-order valence-corrected chi connectivity index (χ3v) is 4.09. The summed E-state index contributed by atoms with van der Waals surface area (Å²) in [7, 11) is 0. The van der Waals surface area contributed by atoms with Gasteiger partial charge in [-0.25, -0.2) is 0 Å². The third kappa shape index (κ3) is 4.58. The van der Waals surface area contributed by atoms with E-state index in [0.29, 0.717) is 8.95 Å². The molecule has 2 aromatic carbocycles. The first-order chi connectivity index (χ1) is 10.5. The molecule has 5 heteroatoms. The summed E-state index contributed by atoms with van der Waals surface area (Å²) >= 11 is 6.44. The Hall–Kier alpha value is -1.85. The number of aromatic hydroxyl groups is 2. The van der Waals surface area contributed by atoms with E-state index >= 15 is 0 Å².